The van der Waals surface area contributed by atoms with E-state index in [4.69, 9.17) is 9.47 Å². The second-order valence-electron chi connectivity index (χ2n) is 6.66. The lowest BCUT2D eigenvalue weighted by Crippen LogP contribution is -2.48. The summed E-state index contributed by atoms with van der Waals surface area (Å²) >= 11 is 0. The summed E-state index contributed by atoms with van der Waals surface area (Å²) in [5.74, 6) is 2.24. The normalized spacial score (nSPS) is 13.8. The number of carbonyl (C=O) groups is 1. The van der Waals surface area contributed by atoms with Crippen molar-refractivity contribution in [2.24, 2.45) is 0 Å². The molecular weight excluding hydrogens is 386 g/mol. The second kappa shape index (κ2) is 8.64. The Bertz CT molecular complexity index is 1010. The number of piperazine rings is 1. The van der Waals surface area contributed by atoms with Crippen molar-refractivity contribution in [1.29, 1.82) is 0 Å². The van der Waals surface area contributed by atoms with Crippen molar-refractivity contribution >= 4 is 11.8 Å². The number of aromatic nitrogens is 3. The molecule has 1 N–H and O–H groups in total. The van der Waals surface area contributed by atoms with Gasteiger partial charge in [-0.3, -0.25) is 4.98 Å². The Balaban J connectivity index is 1.65. The number of carboxylic acid groups (broad SMARTS) is 1. The van der Waals surface area contributed by atoms with Gasteiger partial charge in [0, 0.05) is 44.1 Å². The lowest BCUT2D eigenvalue weighted by Gasteiger charge is -2.34. The highest BCUT2D eigenvalue weighted by Crippen LogP contribution is 2.33. The van der Waals surface area contributed by atoms with Crippen LogP contribution in [0.2, 0.25) is 0 Å². The molecular formula is C21H21N5O4. The van der Waals surface area contributed by atoms with E-state index in [1.807, 2.05) is 29.2 Å². The van der Waals surface area contributed by atoms with E-state index in [1.54, 1.807) is 37.8 Å². The number of pyridine rings is 1. The van der Waals surface area contributed by atoms with Gasteiger partial charge in [-0.15, -0.1) is 0 Å². The maximum Gasteiger partial charge on any atom is 0.407 e. The fourth-order valence-electron chi connectivity index (χ4n) is 3.18. The van der Waals surface area contributed by atoms with Crippen molar-refractivity contribution in [3.05, 3.63) is 55.0 Å². The highest BCUT2D eigenvalue weighted by molar-refractivity contribution is 5.66. The predicted octanol–water partition coefficient (Wildman–Crippen LogP) is 3.14. The molecule has 9 heteroatoms. The first-order chi connectivity index (χ1) is 14.6. The van der Waals surface area contributed by atoms with Crippen LogP contribution in [-0.2, 0) is 0 Å². The largest absolute Gasteiger partial charge is 0.497 e. The van der Waals surface area contributed by atoms with E-state index in [0.717, 1.165) is 11.3 Å². The highest BCUT2D eigenvalue weighted by atomic mass is 16.5. The second-order valence-corrected chi connectivity index (χ2v) is 6.66. The molecule has 154 valence electrons. The summed E-state index contributed by atoms with van der Waals surface area (Å²) in [6.07, 6.45) is 4.18. The molecule has 2 aromatic heterocycles. The molecule has 0 atom stereocenters. The van der Waals surface area contributed by atoms with Crippen LogP contribution < -0.4 is 14.4 Å². The van der Waals surface area contributed by atoms with Crippen LogP contribution in [0.3, 0.4) is 0 Å². The van der Waals surface area contributed by atoms with Crippen molar-refractivity contribution in [3.63, 3.8) is 0 Å². The van der Waals surface area contributed by atoms with Gasteiger partial charge in [0.1, 0.15) is 17.2 Å². The fraction of sp³-hybridized carbons (Fsp3) is 0.238. The molecule has 1 saturated heterocycles. The third-order valence-electron chi connectivity index (χ3n) is 4.82. The first-order valence-corrected chi connectivity index (χ1v) is 9.46. The van der Waals surface area contributed by atoms with Gasteiger partial charge in [-0.05, 0) is 36.4 Å². The maximum atomic E-state index is 11.2. The van der Waals surface area contributed by atoms with Crippen LogP contribution in [0.5, 0.6) is 17.4 Å². The fourth-order valence-corrected chi connectivity index (χ4v) is 3.18. The Morgan fingerprint density at radius 2 is 1.77 bits per heavy atom. The zero-order chi connectivity index (χ0) is 20.9. The summed E-state index contributed by atoms with van der Waals surface area (Å²) < 4.78 is 11.3. The molecule has 0 bridgehead atoms. The minimum absolute atomic E-state index is 0.401. The number of hydrogen-bond donors (Lipinski definition) is 1. The van der Waals surface area contributed by atoms with Gasteiger partial charge in [-0.25, -0.2) is 9.78 Å². The number of ether oxygens (including phenoxy) is 2. The smallest absolute Gasteiger partial charge is 0.407 e. The van der Waals surface area contributed by atoms with Crippen molar-refractivity contribution < 1.29 is 19.4 Å². The minimum atomic E-state index is -0.910. The Morgan fingerprint density at radius 1 is 1.03 bits per heavy atom. The lowest BCUT2D eigenvalue weighted by atomic mass is 10.2. The zero-order valence-corrected chi connectivity index (χ0v) is 16.4. The summed E-state index contributed by atoms with van der Waals surface area (Å²) in [6.45, 7) is 1.87. The summed E-state index contributed by atoms with van der Waals surface area (Å²) in [5, 5.41) is 9.19. The molecule has 1 fully saturated rings. The number of amides is 1. The van der Waals surface area contributed by atoms with Gasteiger partial charge in [-0.2, -0.15) is 4.98 Å². The number of hydrogen-bond acceptors (Lipinski definition) is 7. The van der Waals surface area contributed by atoms with Gasteiger partial charge in [0.2, 0.25) is 5.88 Å². The standard InChI is InChI=1S/C21H21N5O4/c1-29-16-4-6-17(7-5-16)30-20-18(25-9-11-26(12-10-25)21(27)28)14-23-19(24-20)15-3-2-8-22-13-15/h2-8,13-14H,9-12H2,1H3,(H,27,28). The first kappa shape index (κ1) is 19.4. The van der Waals surface area contributed by atoms with Crippen LogP contribution in [0.15, 0.2) is 55.0 Å². The van der Waals surface area contributed by atoms with E-state index in [-0.39, 0.29) is 0 Å². The molecule has 1 aliphatic rings. The average Bonchev–Trinajstić information content (AvgIpc) is 2.80. The molecule has 30 heavy (non-hydrogen) atoms. The third kappa shape index (κ3) is 4.24. The first-order valence-electron chi connectivity index (χ1n) is 9.46. The monoisotopic (exact) mass is 407 g/mol. The summed E-state index contributed by atoms with van der Waals surface area (Å²) in [4.78, 5) is 27.9. The van der Waals surface area contributed by atoms with E-state index >= 15 is 0 Å². The lowest BCUT2D eigenvalue weighted by molar-refractivity contribution is 0.142. The highest BCUT2D eigenvalue weighted by Gasteiger charge is 2.24. The SMILES string of the molecule is COc1ccc(Oc2nc(-c3cccnc3)ncc2N2CCN(C(=O)O)CC2)cc1. The van der Waals surface area contributed by atoms with Gasteiger partial charge in [0.25, 0.3) is 0 Å². The Morgan fingerprint density at radius 3 is 2.40 bits per heavy atom. The Labute approximate surface area is 173 Å². The minimum Gasteiger partial charge on any atom is -0.497 e. The van der Waals surface area contributed by atoms with Gasteiger partial charge >= 0.3 is 6.09 Å². The molecule has 0 unspecified atom stereocenters. The zero-order valence-electron chi connectivity index (χ0n) is 16.4. The van der Waals surface area contributed by atoms with E-state index < -0.39 is 6.09 Å². The number of nitrogens with zero attached hydrogens (tertiary/aromatic N) is 5. The van der Waals surface area contributed by atoms with Gasteiger partial charge in [0.05, 0.1) is 13.3 Å². The van der Waals surface area contributed by atoms with Crippen LogP contribution in [0.1, 0.15) is 0 Å². The summed E-state index contributed by atoms with van der Waals surface area (Å²) in [7, 11) is 1.61. The quantitative estimate of drug-likeness (QED) is 0.688. The molecule has 0 radical (unpaired) electrons. The van der Waals surface area contributed by atoms with Gasteiger partial charge in [-0.1, -0.05) is 0 Å². The van der Waals surface area contributed by atoms with Crippen molar-refractivity contribution in [2.45, 2.75) is 0 Å². The molecule has 3 heterocycles. The summed E-state index contributed by atoms with van der Waals surface area (Å²) in [5.41, 5.74) is 1.49. The van der Waals surface area contributed by atoms with Crippen LogP contribution in [0.4, 0.5) is 10.5 Å². The van der Waals surface area contributed by atoms with Crippen molar-refractivity contribution in [1.82, 2.24) is 19.9 Å². The summed E-state index contributed by atoms with van der Waals surface area (Å²) in [6, 6.07) is 10.9. The molecule has 3 aromatic rings. The average molecular weight is 407 g/mol. The van der Waals surface area contributed by atoms with Crippen LogP contribution in [0.25, 0.3) is 11.4 Å². The van der Waals surface area contributed by atoms with E-state index in [0.29, 0.717) is 49.3 Å². The van der Waals surface area contributed by atoms with Gasteiger partial charge < -0.3 is 24.4 Å². The number of benzene rings is 1. The van der Waals surface area contributed by atoms with E-state index in [9.17, 15) is 9.90 Å². The number of anilines is 1. The molecule has 4 rings (SSSR count). The molecule has 9 nitrogen and oxygen atoms in total. The van der Waals surface area contributed by atoms with Gasteiger partial charge in [0.15, 0.2) is 5.82 Å². The third-order valence-corrected chi connectivity index (χ3v) is 4.82. The van der Waals surface area contributed by atoms with Crippen molar-refractivity contribution in [2.75, 3.05) is 38.2 Å². The molecule has 0 aliphatic carbocycles. The Kier molecular flexibility index (Phi) is 5.60. The molecule has 1 aromatic carbocycles. The number of methoxy groups -OCH3 is 1. The van der Waals surface area contributed by atoms with Crippen LogP contribution >= 0.6 is 0 Å². The predicted molar refractivity (Wildman–Crippen MR) is 110 cm³/mol. The maximum absolute atomic E-state index is 11.2. The molecule has 1 aliphatic heterocycles. The topological polar surface area (TPSA) is 101 Å². The molecule has 0 spiro atoms. The molecule has 1 amide bonds. The van der Waals surface area contributed by atoms with Crippen LogP contribution in [-0.4, -0.2) is 64.3 Å². The van der Waals surface area contributed by atoms with Crippen molar-refractivity contribution in [3.8, 4) is 28.8 Å². The number of rotatable bonds is 5. The molecule has 0 saturated carbocycles. The van der Waals surface area contributed by atoms with E-state index in [2.05, 4.69) is 15.0 Å². The van der Waals surface area contributed by atoms with E-state index in [1.165, 1.54) is 4.90 Å². The Hall–Kier alpha value is -3.88. The van der Waals surface area contributed by atoms with Crippen LogP contribution in [0, 0.1) is 0 Å².